The molecule has 0 aliphatic rings. The lowest BCUT2D eigenvalue weighted by Crippen LogP contribution is -1.97. The molecule has 1 heterocycles. The van der Waals surface area contributed by atoms with Crippen LogP contribution in [0.3, 0.4) is 0 Å². The smallest absolute Gasteiger partial charge is 0.119 e. The van der Waals surface area contributed by atoms with E-state index in [-0.39, 0.29) is 0 Å². The van der Waals surface area contributed by atoms with Crippen molar-refractivity contribution in [1.29, 1.82) is 0 Å². The summed E-state index contributed by atoms with van der Waals surface area (Å²) in [5.74, 6) is 0.938. The maximum atomic E-state index is 5.69. The molecule has 2 rings (SSSR count). The Balaban J connectivity index is 1.65. The molecule has 1 aromatic heterocycles. The van der Waals surface area contributed by atoms with Crippen LogP contribution in [0.5, 0.6) is 5.75 Å². The minimum Gasteiger partial charge on any atom is -0.494 e. The highest BCUT2D eigenvalue weighted by molar-refractivity contribution is 5.79. The van der Waals surface area contributed by atoms with Gasteiger partial charge in [0.15, 0.2) is 0 Å². The third kappa shape index (κ3) is 6.12. The summed E-state index contributed by atoms with van der Waals surface area (Å²) in [6.07, 6.45) is 12.1. The summed E-state index contributed by atoms with van der Waals surface area (Å²) < 4.78 is 7.76. The van der Waals surface area contributed by atoms with Gasteiger partial charge in [-0.1, -0.05) is 19.8 Å². The zero-order chi connectivity index (χ0) is 15.5. The average molecular weight is 299 g/mol. The lowest BCUT2D eigenvalue weighted by atomic mass is 10.2. The number of hydrogen-bond acceptors (Lipinski definition) is 3. The summed E-state index contributed by atoms with van der Waals surface area (Å²) >= 11 is 0. The lowest BCUT2D eigenvalue weighted by Gasteiger charge is -2.05. The second-order valence-corrected chi connectivity index (χ2v) is 5.31. The molecule has 2 aromatic rings. The van der Waals surface area contributed by atoms with E-state index in [1.807, 2.05) is 30.9 Å². The van der Waals surface area contributed by atoms with E-state index in [9.17, 15) is 0 Å². The van der Waals surface area contributed by atoms with E-state index in [4.69, 9.17) is 4.74 Å². The van der Waals surface area contributed by atoms with Crippen molar-refractivity contribution in [2.45, 2.75) is 39.2 Å². The number of unbranched alkanes of at least 4 members (excludes halogenated alkanes) is 2. The summed E-state index contributed by atoms with van der Waals surface area (Å²) in [6, 6.07) is 8.13. The SMILES string of the molecule is CCCCCOc1ccc(C=NCCCn2ccnc2)cc1. The number of aryl methyl sites for hydroxylation is 1. The molecule has 0 aliphatic carbocycles. The average Bonchev–Trinajstić information content (AvgIpc) is 3.06. The molecule has 0 radical (unpaired) electrons. The van der Waals surface area contributed by atoms with Gasteiger partial charge in [-0.2, -0.15) is 0 Å². The fraction of sp³-hybridized carbons (Fsp3) is 0.444. The molecule has 0 aliphatic heterocycles. The maximum absolute atomic E-state index is 5.69. The Morgan fingerprint density at radius 2 is 2.05 bits per heavy atom. The van der Waals surface area contributed by atoms with Crippen molar-refractivity contribution in [2.75, 3.05) is 13.2 Å². The van der Waals surface area contributed by atoms with Gasteiger partial charge >= 0.3 is 0 Å². The Bertz CT molecular complexity index is 532. The summed E-state index contributed by atoms with van der Waals surface area (Å²) in [5.41, 5.74) is 1.11. The van der Waals surface area contributed by atoms with Crippen LogP contribution in [0.2, 0.25) is 0 Å². The number of rotatable bonds is 10. The summed E-state index contributed by atoms with van der Waals surface area (Å²) in [4.78, 5) is 8.48. The molecule has 0 spiro atoms. The molecule has 0 fully saturated rings. The van der Waals surface area contributed by atoms with Gasteiger partial charge in [-0.3, -0.25) is 4.99 Å². The van der Waals surface area contributed by atoms with E-state index in [0.717, 1.165) is 43.9 Å². The molecule has 0 saturated carbocycles. The van der Waals surface area contributed by atoms with Crippen LogP contribution >= 0.6 is 0 Å². The fourth-order valence-electron chi connectivity index (χ4n) is 2.13. The third-order valence-electron chi connectivity index (χ3n) is 3.40. The van der Waals surface area contributed by atoms with E-state index in [1.165, 1.54) is 12.8 Å². The van der Waals surface area contributed by atoms with Crippen molar-refractivity contribution in [3.05, 3.63) is 48.5 Å². The molecule has 0 bridgehead atoms. The van der Waals surface area contributed by atoms with Crippen molar-refractivity contribution in [3.8, 4) is 5.75 Å². The van der Waals surface area contributed by atoms with Gasteiger partial charge < -0.3 is 9.30 Å². The van der Waals surface area contributed by atoms with Gasteiger partial charge in [0, 0.05) is 31.7 Å². The number of imidazole rings is 1. The third-order valence-corrected chi connectivity index (χ3v) is 3.40. The Labute approximate surface area is 132 Å². The van der Waals surface area contributed by atoms with E-state index in [1.54, 1.807) is 6.20 Å². The number of nitrogens with zero attached hydrogens (tertiary/aromatic N) is 3. The van der Waals surface area contributed by atoms with Crippen LogP contribution in [0.15, 0.2) is 48.0 Å². The zero-order valence-corrected chi connectivity index (χ0v) is 13.3. The number of aliphatic imine (C=N–C) groups is 1. The highest BCUT2D eigenvalue weighted by atomic mass is 16.5. The van der Waals surface area contributed by atoms with Gasteiger partial charge in [-0.05, 0) is 42.7 Å². The second kappa shape index (κ2) is 9.77. The lowest BCUT2D eigenvalue weighted by molar-refractivity contribution is 0.306. The molecule has 22 heavy (non-hydrogen) atoms. The predicted molar refractivity (Wildman–Crippen MR) is 90.8 cm³/mol. The van der Waals surface area contributed by atoms with Crippen molar-refractivity contribution in [1.82, 2.24) is 9.55 Å². The van der Waals surface area contributed by atoms with Crippen molar-refractivity contribution in [3.63, 3.8) is 0 Å². The standard InChI is InChI=1S/C18H25N3O/c1-2-3-4-14-22-18-8-6-17(7-9-18)15-19-10-5-12-21-13-11-20-16-21/h6-9,11,13,15-16H,2-5,10,12,14H2,1H3. The minimum atomic E-state index is 0.801. The molecule has 4 heteroatoms. The Morgan fingerprint density at radius 3 is 2.77 bits per heavy atom. The van der Waals surface area contributed by atoms with Crippen molar-refractivity contribution < 1.29 is 4.74 Å². The van der Waals surface area contributed by atoms with E-state index < -0.39 is 0 Å². The van der Waals surface area contributed by atoms with Gasteiger partial charge in [0.1, 0.15) is 5.75 Å². The quantitative estimate of drug-likeness (QED) is 0.492. The summed E-state index contributed by atoms with van der Waals surface area (Å²) in [7, 11) is 0. The van der Waals surface area contributed by atoms with Gasteiger partial charge in [-0.25, -0.2) is 4.98 Å². The first-order chi connectivity index (χ1) is 10.9. The van der Waals surface area contributed by atoms with Crippen LogP contribution in [0.4, 0.5) is 0 Å². The predicted octanol–water partition coefficient (Wildman–Crippen LogP) is 3.96. The zero-order valence-electron chi connectivity index (χ0n) is 13.3. The maximum Gasteiger partial charge on any atom is 0.119 e. The Morgan fingerprint density at radius 1 is 1.18 bits per heavy atom. The topological polar surface area (TPSA) is 39.4 Å². The highest BCUT2D eigenvalue weighted by Crippen LogP contribution is 2.12. The fourth-order valence-corrected chi connectivity index (χ4v) is 2.13. The minimum absolute atomic E-state index is 0.801. The van der Waals surface area contributed by atoms with E-state index in [0.29, 0.717) is 0 Å². The summed E-state index contributed by atoms with van der Waals surface area (Å²) in [5, 5.41) is 0. The molecular weight excluding hydrogens is 274 g/mol. The van der Waals surface area contributed by atoms with Crippen molar-refractivity contribution in [2.24, 2.45) is 4.99 Å². The second-order valence-electron chi connectivity index (χ2n) is 5.31. The molecule has 118 valence electrons. The van der Waals surface area contributed by atoms with E-state index in [2.05, 4.69) is 33.6 Å². The normalized spacial score (nSPS) is 11.1. The Hall–Kier alpha value is -2.10. The summed E-state index contributed by atoms with van der Waals surface area (Å²) in [6.45, 7) is 4.79. The van der Waals surface area contributed by atoms with E-state index >= 15 is 0 Å². The number of hydrogen-bond donors (Lipinski definition) is 0. The molecule has 0 N–H and O–H groups in total. The van der Waals surface area contributed by atoms with Crippen LogP contribution in [0.1, 0.15) is 38.2 Å². The van der Waals surface area contributed by atoms with Crippen LogP contribution in [0.25, 0.3) is 0 Å². The first kappa shape index (κ1) is 16.3. The van der Waals surface area contributed by atoms with Gasteiger partial charge in [0.2, 0.25) is 0 Å². The number of ether oxygens (including phenoxy) is 1. The van der Waals surface area contributed by atoms with Gasteiger partial charge in [-0.15, -0.1) is 0 Å². The van der Waals surface area contributed by atoms with Gasteiger partial charge in [0.05, 0.1) is 12.9 Å². The monoisotopic (exact) mass is 299 g/mol. The molecule has 0 unspecified atom stereocenters. The molecule has 0 saturated heterocycles. The molecule has 1 aromatic carbocycles. The molecule has 0 amide bonds. The van der Waals surface area contributed by atoms with Gasteiger partial charge in [0.25, 0.3) is 0 Å². The number of aromatic nitrogens is 2. The van der Waals surface area contributed by atoms with Crippen LogP contribution < -0.4 is 4.74 Å². The molecule has 0 atom stereocenters. The molecule has 4 nitrogen and oxygen atoms in total. The first-order valence-electron chi connectivity index (χ1n) is 8.07. The first-order valence-corrected chi connectivity index (χ1v) is 8.07. The van der Waals surface area contributed by atoms with Crippen LogP contribution in [-0.4, -0.2) is 28.9 Å². The number of benzene rings is 1. The van der Waals surface area contributed by atoms with Crippen LogP contribution in [0, 0.1) is 0 Å². The van der Waals surface area contributed by atoms with Crippen molar-refractivity contribution >= 4 is 6.21 Å². The largest absolute Gasteiger partial charge is 0.494 e. The highest BCUT2D eigenvalue weighted by Gasteiger charge is 1.94. The van der Waals surface area contributed by atoms with Crippen LogP contribution in [-0.2, 0) is 6.54 Å². The Kier molecular flexibility index (Phi) is 7.22. The molecular formula is C18H25N3O.